The third-order valence-electron chi connectivity index (χ3n) is 3.16. The van der Waals surface area contributed by atoms with Crippen molar-refractivity contribution in [3.8, 4) is 0 Å². The van der Waals surface area contributed by atoms with Gasteiger partial charge in [0, 0.05) is 27.2 Å². The Balaban J connectivity index is 1.98. The van der Waals surface area contributed by atoms with Crippen LogP contribution in [-0.4, -0.2) is 13.6 Å². The summed E-state index contributed by atoms with van der Waals surface area (Å²) >= 11 is 13.9. The van der Waals surface area contributed by atoms with Crippen molar-refractivity contribution in [2.45, 2.75) is 17.6 Å². The molecule has 0 aliphatic carbocycles. The first kappa shape index (κ1) is 17.4. The Hall–Kier alpha value is -0.930. The number of hydrogen-bond acceptors (Lipinski definition) is 2. The van der Waals surface area contributed by atoms with Gasteiger partial charge in [0.2, 0.25) is 0 Å². The second-order valence-corrected chi connectivity index (χ2v) is 7.01. The van der Waals surface area contributed by atoms with E-state index in [1.54, 1.807) is 17.8 Å². The van der Waals surface area contributed by atoms with Crippen LogP contribution in [0.2, 0.25) is 10.0 Å². The molecule has 0 aliphatic heterocycles. The third kappa shape index (κ3) is 5.36. The van der Waals surface area contributed by atoms with E-state index in [-0.39, 0.29) is 0 Å². The van der Waals surface area contributed by atoms with Crippen LogP contribution in [0.1, 0.15) is 18.1 Å². The zero-order valence-corrected chi connectivity index (χ0v) is 15.0. The maximum Gasteiger partial charge on any atom is 0.0461 e. The van der Waals surface area contributed by atoms with Crippen molar-refractivity contribution in [2.24, 2.45) is 0 Å². The van der Waals surface area contributed by atoms with Gasteiger partial charge in [-0.1, -0.05) is 53.1 Å². The van der Waals surface area contributed by atoms with Gasteiger partial charge < -0.3 is 5.32 Å². The maximum atomic E-state index is 6.20. The maximum absolute atomic E-state index is 6.20. The molecule has 0 bridgehead atoms. The average molecular weight is 352 g/mol. The molecule has 0 radical (unpaired) electrons. The Morgan fingerprint density at radius 1 is 1.14 bits per heavy atom. The van der Waals surface area contributed by atoms with Crippen LogP contribution >= 0.6 is 35.0 Å². The topological polar surface area (TPSA) is 12.0 Å². The van der Waals surface area contributed by atoms with Gasteiger partial charge in [-0.15, -0.1) is 11.8 Å². The summed E-state index contributed by atoms with van der Waals surface area (Å²) in [6, 6.07) is 14.2. The van der Waals surface area contributed by atoms with E-state index >= 15 is 0 Å². The molecule has 0 spiro atoms. The number of benzene rings is 2. The summed E-state index contributed by atoms with van der Waals surface area (Å²) < 4.78 is 0. The number of hydrogen-bond donors (Lipinski definition) is 1. The van der Waals surface area contributed by atoms with Crippen LogP contribution in [0.3, 0.4) is 0 Å². The highest BCUT2D eigenvalue weighted by atomic mass is 35.5. The van der Waals surface area contributed by atoms with E-state index < -0.39 is 0 Å². The first-order chi connectivity index (χ1) is 10.6. The van der Waals surface area contributed by atoms with Gasteiger partial charge in [-0.3, -0.25) is 0 Å². The third-order valence-corrected chi connectivity index (χ3v) is 4.81. The van der Waals surface area contributed by atoms with E-state index in [0.29, 0.717) is 5.02 Å². The summed E-state index contributed by atoms with van der Waals surface area (Å²) in [5.41, 5.74) is 3.64. The van der Waals surface area contributed by atoms with Crippen molar-refractivity contribution in [2.75, 3.05) is 13.6 Å². The molecule has 0 unspecified atom stereocenters. The SMILES string of the molecule is CNCC(C)=Cc1ccc(SCc2ccc(Cl)cc2Cl)cc1. The molecular formula is C18H19Cl2NS. The standard InChI is InChI=1S/C18H19Cl2NS/c1-13(11-21-2)9-14-3-7-17(8-4-14)22-12-15-5-6-16(19)10-18(15)20/h3-10,21H,11-12H2,1-2H3. The Morgan fingerprint density at radius 2 is 1.86 bits per heavy atom. The van der Waals surface area contributed by atoms with E-state index in [9.17, 15) is 0 Å². The van der Waals surface area contributed by atoms with Crippen LogP contribution in [-0.2, 0) is 5.75 Å². The van der Waals surface area contributed by atoms with Gasteiger partial charge in [-0.25, -0.2) is 0 Å². The molecule has 0 heterocycles. The molecule has 0 aliphatic rings. The minimum absolute atomic E-state index is 0.673. The van der Waals surface area contributed by atoms with Crippen molar-refractivity contribution >= 4 is 41.0 Å². The zero-order valence-electron chi connectivity index (χ0n) is 12.7. The largest absolute Gasteiger partial charge is 0.316 e. The number of nitrogens with one attached hydrogen (secondary N) is 1. The number of halogens is 2. The molecule has 116 valence electrons. The van der Waals surface area contributed by atoms with Crippen LogP contribution in [0, 0.1) is 0 Å². The highest BCUT2D eigenvalue weighted by Gasteiger charge is 2.02. The fourth-order valence-electron chi connectivity index (χ4n) is 2.07. The molecule has 0 fully saturated rings. The quantitative estimate of drug-likeness (QED) is 0.649. The van der Waals surface area contributed by atoms with Crippen molar-refractivity contribution < 1.29 is 0 Å². The first-order valence-corrected chi connectivity index (χ1v) is 8.81. The number of thioether (sulfide) groups is 1. The summed E-state index contributed by atoms with van der Waals surface area (Å²) in [4.78, 5) is 1.23. The summed E-state index contributed by atoms with van der Waals surface area (Å²) in [6.07, 6.45) is 2.20. The van der Waals surface area contributed by atoms with E-state index in [2.05, 4.69) is 42.6 Å². The van der Waals surface area contributed by atoms with E-state index in [0.717, 1.165) is 22.9 Å². The average Bonchev–Trinajstić information content (AvgIpc) is 2.48. The Labute approximate surface area is 146 Å². The van der Waals surface area contributed by atoms with Crippen LogP contribution in [0.5, 0.6) is 0 Å². The lowest BCUT2D eigenvalue weighted by Gasteiger charge is -2.06. The molecule has 22 heavy (non-hydrogen) atoms. The van der Waals surface area contributed by atoms with Gasteiger partial charge in [-0.05, 0) is 49.4 Å². The number of likely N-dealkylation sites (N-methyl/N-ethyl adjacent to an activating group) is 1. The molecule has 0 amide bonds. The van der Waals surface area contributed by atoms with E-state index in [1.807, 2.05) is 19.2 Å². The van der Waals surface area contributed by atoms with Crippen LogP contribution < -0.4 is 5.32 Å². The van der Waals surface area contributed by atoms with E-state index in [4.69, 9.17) is 23.2 Å². The molecule has 2 aromatic rings. The fourth-order valence-corrected chi connectivity index (χ4v) is 3.53. The molecule has 0 saturated carbocycles. The summed E-state index contributed by atoms with van der Waals surface area (Å²) in [5.74, 6) is 0.837. The van der Waals surface area contributed by atoms with Crippen LogP contribution in [0.25, 0.3) is 6.08 Å². The molecule has 0 aromatic heterocycles. The highest BCUT2D eigenvalue weighted by molar-refractivity contribution is 7.98. The van der Waals surface area contributed by atoms with Gasteiger partial charge in [0.15, 0.2) is 0 Å². The Morgan fingerprint density at radius 3 is 2.50 bits per heavy atom. The summed E-state index contributed by atoms with van der Waals surface area (Å²) in [5, 5.41) is 4.55. The van der Waals surface area contributed by atoms with Crippen LogP contribution in [0.4, 0.5) is 0 Å². The zero-order chi connectivity index (χ0) is 15.9. The van der Waals surface area contributed by atoms with E-state index in [1.165, 1.54) is 16.0 Å². The lowest BCUT2D eigenvalue weighted by atomic mass is 10.1. The highest BCUT2D eigenvalue weighted by Crippen LogP contribution is 2.28. The lowest BCUT2D eigenvalue weighted by Crippen LogP contribution is -2.08. The smallest absolute Gasteiger partial charge is 0.0461 e. The van der Waals surface area contributed by atoms with Crippen molar-refractivity contribution in [1.29, 1.82) is 0 Å². The van der Waals surface area contributed by atoms with Gasteiger partial charge in [0.1, 0.15) is 0 Å². The predicted octanol–water partition coefficient (Wildman–Crippen LogP) is 5.91. The monoisotopic (exact) mass is 351 g/mol. The van der Waals surface area contributed by atoms with Gasteiger partial charge in [0.05, 0.1) is 0 Å². The lowest BCUT2D eigenvalue weighted by molar-refractivity contribution is 0.884. The second kappa shape index (κ2) is 8.64. The van der Waals surface area contributed by atoms with Crippen molar-refractivity contribution in [3.05, 3.63) is 69.2 Å². The van der Waals surface area contributed by atoms with Gasteiger partial charge in [0.25, 0.3) is 0 Å². The number of rotatable bonds is 6. The van der Waals surface area contributed by atoms with Gasteiger partial charge in [-0.2, -0.15) is 0 Å². The molecule has 4 heteroatoms. The Bertz CT molecular complexity index is 651. The summed E-state index contributed by atoms with van der Waals surface area (Å²) in [6.45, 7) is 3.03. The molecule has 2 aromatic carbocycles. The molecule has 1 N–H and O–H groups in total. The molecule has 1 nitrogen and oxygen atoms in total. The van der Waals surface area contributed by atoms with Crippen molar-refractivity contribution in [3.63, 3.8) is 0 Å². The first-order valence-electron chi connectivity index (χ1n) is 7.07. The van der Waals surface area contributed by atoms with Crippen LogP contribution in [0.15, 0.2) is 52.9 Å². The van der Waals surface area contributed by atoms with Crippen molar-refractivity contribution in [1.82, 2.24) is 5.32 Å². The summed E-state index contributed by atoms with van der Waals surface area (Å²) in [7, 11) is 1.96. The minimum Gasteiger partial charge on any atom is -0.316 e. The Kier molecular flexibility index (Phi) is 6.84. The normalized spacial score (nSPS) is 11.7. The molecule has 0 saturated heterocycles. The molecule has 2 rings (SSSR count). The predicted molar refractivity (Wildman–Crippen MR) is 100 cm³/mol. The molecule has 0 atom stereocenters. The fraction of sp³-hybridized carbons (Fsp3) is 0.222. The minimum atomic E-state index is 0.673. The molecular weight excluding hydrogens is 333 g/mol. The second-order valence-electron chi connectivity index (χ2n) is 5.11. The van der Waals surface area contributed by atoms with Gasteiger partial charge >= 0.3 is 0 Å².